The van der Waals surface area contributed by atoms with E-state index in [1.807, 2.05) is 90.0 Å². The number of aliphatic hydroxyl groups excluding tert-OH is 1. The number of hydrogen-bond acceptors (Lipinski definition) is 17. The number of methoxy groups -OCH3 is 9. The molecule has 0 bridgehead atoms. The van der Waals surface area contributed by atoms with E-state index in [0.717, 1.165) is 13.0 Å². The Morgan fingerprint density at radius 1 is 0.358 bits per heavy atom. The van der Waals surface area contributed by atoms with Gasteiger partial charge in [0.15, 0.2) is 0 Å². The van der Waals surface area contributed by atoms with E-state index in [9.17, 15) is 0 Å². The molecule has 0 fully saturated rings. The minimum atomic E-state index is -0.0928. The Morgan fingerprint density at radius 3 is 0.881 bits per heavy atom. The Hall–Kier alpha value is -0.680. The minimum Gasteiger partial charge on any atom is -0.394 e. The molecule has 10 unspecified atom stereocenters. The fourth-order valence-corrected chi connectivity index (χ4v) is 3.58. The van der Waals surface area contributed by atoms with E-state index in [0.29, 0.717) is 72.7 Å². The van der Waals surface area contributed by atoms with Gasteiger partial charge in [0.05, 0.1) is 146 Å². The Labute approximate surface area is 413 Å². The highest BCUT2D eigenvalue weighted by atomic mass is 16.6. The van der Waals surface area contributed by atoms with Crippen LogP contribution < -0.4 is 0 Å². The van der Waals surface area contributed by atoms with Crippen LogP contribution in [0.3, 0.4) is 0 Å². The van der Waals surface area contributed by atoms with Crippen molar-refractivity contribution in [3.05, 3.63) is 0 Å². The molecular formula is C50H114O17. The summed E-state index contributed by atoms with van der Waals surface area (Å²) in [5, 5.41) is 8.55. The van der Waals surface area contributed by atoms with Crippen LogP contribution in [0.15, 0.2) is 0 Å². The van der Waals surface area contributed by atoms with Crippen LogP contribution in [0, 0.1) is 0 Å². The van der Waals surface area contributed by atoms with Gasteiger partial charge in [0.25, 0.3) is 0 Å². The summed E-state index contributed by atoms with van der Waals surface area (Å²) in [4.78, 5) is 0. The molecule has 0 rings (SSSR count). The summed E-state index contributed by atoms with van der Waals surface area (Å²) >= 11 is 0. The lowest BCUT2D eigenvalue weighted by Gasteiger charge is -2.23. The van der Waals surface area contributed by atoms with E-state index >= 15 is 0 Å². The van der Waals surface area contributed by atoms with Crippen molar-refractivity contribution >= 4 is 0 Å². The highest BCUT2D eigenvalue weighted by molar-refractivity contribution is 4.61. The van der Waals surface area contributed by atoms with Crippen LogP contribution in [0.25, 0.3) is 0 Å². The average molecular weight is 987 g/mol. The van der Waals surface area contributed by atoms with Gasteiger partial charge in [-0.1, -0.05) is 20.8 Å². The Kier molecular flexibility index (Phi) is 73.7. The second kappa shape index (κ2) is 61.4. The summed E-state index contributed by atoms with van der Waals surface area (Å²) in [5.41, 5.74) is -0.0928. The van der Waals surface area contributed by atoms with Crippen LogP contribution in [-0.4, -0.2) is 222 Å². The molecule has 0 aromatic carbocycles. The van der Waals surface area contributed by atoms with Gasteiger partial charge in [0, 0.05) is 70.6 Å². The fourth-order valence-electron chi connectivity index (χ4n) is 3.58. The quantitative estimate of drug-likeness (QED) is 0.0607. The van der Waals surface area contributed by atoms with Crippen LogP contribution in [0.5, 0.6) is 0 Å². The molecule has 0 heterocycles. The zero-order valence-electron chi connectivity index (χ0n) is 46.9. The molecule has 67 heavy (non-hydrogen) atoms. The Morgan fingerprint density at radius 2 is 0.642 bits per heavy atom. The first kappa shape index (κ1) is 80.4. The number of hydrogen-bond donors (Lipinski definition) is 1. The van der Waals surface area contributed by atoms with Crippen LogP contribution in [0.4, 0.5) is 0 Å². The normalized spacial score (nSPS) is 15.4. The topological polar surface area (TPSA) is 168 Å². The Bertz CT molecular complexity index is 822. The largest absolute Gasteiger partial charge is 0.394 e. The van der Waals surface area contributed by atoms with E-state index in [2.05, 4.69) is 16.4 Å². The van der Waals surface area contributed by atoms with Crippen molar-refractivity contribution in [2.24, 2.45) is 0 Å². The van der Waals surface area contributed by atoms with Crippen LogP contribution in [0.2, 0.25) is 0 Å². The van der Waals surface area contributed by atoms with E-state index in [1.165, 1.54) is 6.42 Å². The molecule has 0 aliphatic carbocycles. The predicted molar refractivity (Wildman–Crippen MR) is 272 cm³/mol. The highest BCUT2D eigenvalue weighted by Gasteiger charge is 2.14. The molecule has 416 valence electrons. The number of aliphatic hydroxyl groups is 1. The van der Waals surface area contributed by atoms with Gasteiger partial charge in [-0.25, -0.2) is 0 Å². The molecule has 0 aromatic heterocycles. The van der Waals surface area contributed by atoms with Crippen LogP contribution in [-0.2, 0) is 75.8 Å². The average Bonchev–Trinajstić information content (AvgIpc) is 3.30. The summed E-state index contributed by atoms with van der Waals surface area (Å²) in [6.45, 7) is 35.8. The molecule has 0 aliphatic rings. The lowest BCUT2D eigenvalue weighted by atomic mass is 10.2. The molecule has 0 spiro atoms. The summed E-state index contributed by atoms with van der Waals surface area (Å²) in [6.07, 6.45) is 3.53. The van der Waals surface area contributed by atoms with E-state index < -0.39 is 0 Å². The second-order valence-electron chi connectivity index (χ2n) is 16.9. The number of unbranched alkanes of at least 4 members (excludes halogenated alkanes) is 1. The second-order valence-corrected chi connectivity index (χ2v) is 16.9. The van der Waals surface area contributed by atoms with Crippen molar-refractivity contribution in [3.63, 3.8) is 0 Å². The molecule has 0 aromatic rings. The van der Waals surface area contributed by atoms with Crippen molar-refractivity contribution in [1.29, 1.82) is 0 Å². The summed E-state index contributed by atoms with van der Waals surface area (Å²) in [5.74, 6) is 0. The molecular weight excluding hydrogens is 873 g/mol. The molecule has 0 saturated heterocycles. The summed E-state index contributed by atoms with van der Waals surface area (Å²) in [6, 6.07) is 0. The smallest absolute Gasteiger partial charge is 0.0782 e. The standard InChI is InChI=1S/2C11H24O3.2C8H18O3.C7H16O3.C4H10O2.CH4/c1-9(12-6)7-13-10(2)8-14-11(3,4)5;1-5-6-7-13-8-11(3)14-9-10(2)12-4;2*1-7(10-4)6-11-8(2)5-9-3;1-6(4-8)10-5-7(2)9-3;1-5-3-4-6-2;/h9-10H,7-8H2,1-6H3;10-11H,5-9H2,1-4H3;2*7-8H,5-6H2,1-4H3;6-8H,4-5H2,1-3H3;3-4H2,1-2H3;1H4. The predicted octanol–water partition coefficient (Wildman–Crippen LogP) is 7.96. The number of ether oxygens (including phenoxy) is 16. The SMILES string of the molecule is C.CCCCOCC(C)OCC(C)OC.COC(C)COC(C)CO.COC(C)COC(C)COC(C)(C)C.COCC(C)OCC(C)OC.COCC(C)OCC(C)OC.COCCOC. The maximum absolute atomic E-state index is 8.55. The summed E-state index contributed by atoms with van der Waals surface area (Å²) < 4.78 is 82.3. The van der Waals surface area contributed by atoms with Gasteiger partial charge in [-0.15, -0.1) is 0 Å². The maximum Gasteiger partial charge on any atom is 0.0782 e. The third-order valence-corrected chi connectivity index (χ3v) is 8.39. The molecule has 0 amide bonds. The van der Waals surface area contributed by atoms with E-state index in [1.54, 1.807) is 64.0 Å². The molecule has 0 radical (unpaired) electrons. The first-order valence-corrected chi connectivity index (χ1v) is 23.6. The number of rotatable bonds is 35. The fraction of sp³-hybridized carbons (Fsp3) is 1.00. The van der Waals surface area contributed by atoms with Gasteiger partial charge in [0.1, 0.15) is 0 Å². The zero-order valence-corrected chi connectivity index (χ0v) is 46.9. The minimum absolute atomic E-state index is 0. The van der Waals surface area contributed by atoms with E-state index in [4.69, 9.17) is 71.4 Å². The first-order valence-electron chi connectivity index (χ1n) is 23.6. The maximum atomic E-state index is 8.55. The molecule has 1 N–H and O–H groups in total. The molecule has 17 nitrogen and oxygen atoms in total. The van der Waals surface area contributed by atoms with Crippen molar-refractivity contribution in [1.82, 2.24) is 0 Å². The van der Waals surface area contributed by atoms with Gasteiger partial charge < -0.3 is 80.9 Å². The Balaban J connectivity index is -0.000000131. The monoisotopic (exact) mass is 987 g/mol. The zero-order chi connectivity index (χ0) is 52.2. The van der Waals surface area contributed by atoms with Crippen molar-refractivity contribution < 1.29 is 80.9 Å². The lowest BCUT2D eigenvalue weighted by molar-refractivity contribution is -0.0831. The van der Waals surface area contributed by atoms with Gasteiger partial charge in [-0.3, -0.25) is 0 Å². The van der Waals surface area contributed by atoms with Gasteiger partial charge in [0.2, 0.25) is 0 Å². The van der Waals surface area contributed by atoms with Crippen molar-refractivity contribution in [2.75, 3.05) is 150 Å². The van der Waals surface area contributed by atoms with Gasteiger partial charge in [-0.05, 0) is 96.4 Å². The highest BCUT2D eigenvalue weighted by Crippen LogP contribution is 2.08. The van der Waals surface area contributed by atoms with Crippen LogP contribution >= 0.6 is 0 Å². The third kappa shape index (κ3) is 79.7. The molecule has 10 atom stereocenters. The first-order chi connectivity index (χ1) is 31.1. The lowest BCUT2D eigenvalue weighted by Crippen LogP contribution is -2.28. The van der Waals surface area contributed by atoms with Gasteiger partial charge in [-0.2, -0.15) is 0 Å². The molecule has 0 saturated carbocycles. The molecule has 0 aliphatic heterocycles. The molecule has 17 heteroatoms. The van der Waals surface area contributed by atoms with Crippen LogP contribution in [0.1, 0.15) is 117 Å². The third-order valence-electron chi connectivity index (χ3n) is 8.39. The summed E-state index contributed by atoms with van der Waals surface area (Å²) in [7, 11) is 15.0. The van der Waals surface area contributed by atoms with Crippen molar-refractivity contribution in [3.8, 4) is 0 Å². The van der Waals surface area contributed by atoms with Crippen molar-refractivity contribution in [2.45, 2.75) is 184 Å². The van der Waals surface area contributed by atoms with Gasteiger partial charge >= 0.3 is 0 Å². The van der Waals surface area contributed by atoms with E-state index in [-0.39, 0.29) is 80.7 Å².